The number of H-pyrrole nitrogens is 1. The zero-order chi connectivity index (χ0) is 16.8. The van der Waals surface area contributed by atoms with Crippen molar-refractivity contribution in [3.63, 3.8) is 0 Å². The third kappa shape index (κ3) is 2.95. The number of carbonyl (C=O) groups excluding carboxylic acids is 1. The first-order valence-corrected chi connectivity index (χ1v) is 9.00. The van der Waals surface area contributed by atoms with Crippen LogP contribution in [-0.4, -0.2) is 50.3 Å². The number of fused-ring (bicyclic) bond motifs is 1. The van der Waals surface area contributed by atoms with Crippen molar-refractivity contribution >= 4 is 5.91 Å². The molecule has 132 valence electrons. The van der Waals surface area contributed by atoms with Gasteiger partial charge in [-0.05, 0) is 37.7 Å². The third-order valence-corrected chi connectivity index (χ3v) is 5.39. The van der Waals surface area contributed by atoms with Crippen molar-refractivity contribution in [3.05, 3.63) is 29.2 Å². The molecule has 25 heavy (non-hydrogen) atoms. The Hall–Kier alpha value is -2.22. The van der Waals surface area contributed by atoms with Gasteiger partial charge in [0, 0.05) is 30.6 Å². The highest BCUT2D eigenvalue weighted by Crippen LogP contribution is 2.38. The molecule has 1 amide bonds. The molecule has 3 aliphatic rings. The van der Waals surface area contributed by atoms with Crippen molar-refractivity contribution in [2.45, 2.75) is 50.7 Å². The first-order valence-electron chi connectivity index (χ1n) is 9.00. The van der Waals surface area contributed by atoms with E-state index in [1.807, 2.05) is 11.1 Å². The Morgan fingerprint density at radius 1 is 1.36 bits per heavy atom. The van der Waals surface area contributed by atoms with Crippen LogP contribution in [0.4, 0.5) is 0 Å². The predicted octanol–water partition coefficient (Wildman–Crippen LogP) is 1.20. The summed E-state index contributed by atoms with van der Waals surface area (Å²) in [7, 11) is 0. The van der Waals surface area contributed by atoms with E-state index in [-0.39, 0.29) is 17.9 Å². The van der Waals surface area contributed by atoms with E-state index in [9.17, 15) is 4.79 Å². The second-order valence-corrected chi connectivity index (χ2v) is 7.31. The molecule has 1 aliphatic heterocycles. The van der Waals surface area contributed by atoms with Crippen molar-refractivity contribution < 1.29 is 14.1 Å². The molecule has 8 heteroatoms. The highest BCUT2D eigenvalue weighted by atomic mass is 16.5. The molecular weight excluding hydrogens is 322 g/mol. The number of hydrogen-bond acceptors (Lipinski definition) is 6. The summed E-state index contributed by atoms with van der Waals surface area (Å²) >= 11 is 0. The molecule has 1 atom stereocenters. The van der Waals surface area contributed by atoms with Crippen LogP contribution < -0.4 is 0 Å². The Balaban J connectivity index is 1.08. The van der Waals surface area contributed by atoms with Crippen LogP contribution in [0.15, 0.2) is 10.7 Å². The molecule has 8 nitrogen and oxygen atoms in total. The van der Waals surface area contributed by atoms with E-state index in [0.717, 1.165) is 37.9 Å². The Kier molecular flexibility index (Phi) is 3.58. The van der Waals surface area contributed by atoms with Gasteiger partial charge in [-0.1, -0.05) is 5.16 Å². The molecule has 2 fully saturated rings. The number of aryl methyl sites for hydroxylation is 1. The molecule has 0 aromatic carbocycles. The monoisotopic (exact) mass is 343 g/mol. The highest BCUT2D eigenvalue weighted by molar-refractivity contribution is 5.80. The molecular formula is C17H21N5O3. The summed E-state index contributed by atoms with van der Waals surface area (Å²) in [6.07, 6.45) is 6.80. The first kappa shape index (κ1) is 15.1. The van der Waals surface area contributed by atoms with Gasteiger partial charge in [0.05, 0.1) is 12.3 Å². The van der Waals surface area contributed by atoms with Crippen LogP contribution in [-0.2, 0) is 29.0 Å². The molecule has 0 spiro atoms. The summed E-state index contributed by atoms with van der Waals surface area (Å²) in [5.41, 5.74) is 2.36. The lowest BCUT2D eigenvalue weighted by Crippen LogP contribution is -2.56. The summed E-state index contributed by atoms with van der Waals surface area (Å²) in [4.78, 5) is 18.9. The summed E-state index contributed by atoms with van der Waals surface area (Å²) in [5, 5.41) is 11.1. The summed E-state index contributed by atoms with van der Waals surface area (Å²) in [6, 6.07) is 0. The fraction of sp³-hybridized carbons (Fsp3) is 0.647. The molecule has 1 saturated carbocycles. The number of rotatable bonds is 5. The number of hydrogen-bond donors (Lipinski definition) is 1. The Bertz CT molecular complexity index is 775. The number of carbonyl (C=O) groups is 1. The average molecular weight is 343 g/mol. The number of likely N-dealkylation sites (tertiary alicyclic amines) is 1. The number of aromatic nitrogens is 4. The maximum absolute atomic E-state index is 12.6. The van der Waals surface area contributed by atoms with Gasteiger partial charge in [-0.3, -0.25) is 9.89 Å². The van der Waals surface area contributed by atoms with E-state index >= 15 is 0 Å². The highest BCUT2D eigenvalue weighted by Gasteiger charge is 2.37. The maximum Gasteiger partial charge on any atom is 0.252 e. The van der Waals surface area contributed by atoms with Gasteiger partial charge < -0.3 is 14.2 Å². The molecule has 1 N–H and O–H groups in total. The van der Waals surface area contributed by atoms with Crippen LogP contribution in [0.5, 0.6) is 0 Å². The van der Waals surface area contributed by atoms with Gasteiger partial charge in [0.1, 0.15) is 6.61 Å². The number of aromatic amines is 1. The zero-order valence-electron chi connectivity index (χ0n) is 14.0. The van der Waals surface area contributed by atoms with E-state index in [1.54, 1.807) is 0 Å². The maximum atomic E-state index is 12.6. The molecule has 2 aromatic rings. The van der Waals surface area contributed by atoms with Crippen LogP contribution in [0.3, 0.4) is 0 Å². The van der Waals surface area contributed by atoms with Crippen molar-refractivity contribution in [1.82, 2.24) is 25.2 Å². The third-order valence-electron chi connectivity index (χ3n) is 5.39. The lowest BCUT2D eigenvalue weighted by molar-refractivity contribution is -0.151. The van der Waals surface area contributed by atoms with Gasteiger partial charge in [0.25, 0.3) is 5.89 Å². The number of ether oxygens (including phenoxy) is 1. The van der Waals surface area contributed by atoms with Crippen molar-refractivity contribution in [3.8, 4) is 0 Å². The van der Waals surface area contributed by atoms with E-state index in [1.165, 1.54) is 11.3 Å². The quantitative estimate of drug-likeness (QED) is 0.876. The Morgan fingerprint density at radius 3 is 3.08 bits per heavy atom. The largest absolute Gasteiger partial charge is 0.365 e. The minimum atomic E-state index is 0.0632. The van der Waals surface area contributed by atoms with E-state index < -0.39 is 0 Å². The molecule has 3 heterocycles. The zero-order valence-corrected chi connectivity index (χ0v) is 14.0. The fourth-order valence-electron chi connectivity index (χ4n) is 3.63. The Morgan fingerprint density at radius 2 is 2.24 bits per heavy atom. The minimum Gasteiger partial charge on any atom is -0.365 e. The van der Waals surface area contributed by atoms with Crippen molar-refractivity contribution in [2.75, 3.05) is 13.1 Å². The standard InChI is InChI=1S/C17H21N5O3/c23-17(11-3-4-14-12(5-11)6-18-20-14)22-7-13(8-22)24-9-15-19-16(21-25-15)10-1-2-10/h6,10-11,13H,1-5,7-9H2,(H,18,20). The SMILES string of the molecule is O=C(C1CCc2[nH]ncc2C1)N1CC(OCc2nc(C3CC3)no2)C1. The molecule has 1 unspecified atom stereocenters. The van der Waals surface area contributed by atoms with Gasteiger partial charge in [-0.25, -0.2) is 0 Å². The number of amides is 1. The van der Waals surface area contributed by atoms with Crippen LogP contribution in [0, 0.1) is 5.92 Å². The van der Waals surface area contributed by atoms with Crippen molar-refractivity contribution in [2.24, 2.45) is 5.92 Å². The topological polar surface area (TPSA) is 97.1 Å². The summed E-state index contributed by atoms with van der Waals surface area (Å²) < 4.78 is 11.0. The van der Waals surface area contributed by atoms with Gasteiger partial charge >= 0.3 is 0 Å². The lowest BCUT2D eigenvalue weighted by Gasteiger charge is -2.41. The van der Waals surface area contributed by atoms with Gasteiger partial charge in [0.2, 0.25) is 5.91 Å². The van der Waals surface area contributed by atoms with E-state index in [2.05, 4.69) is 20.3 Å². The normalized spacial score (nSPS) is 23.4. The molecule has 2 aliphatic carbocycles. The number of nitrogens with one attached hydrogen (secondary N) is 1. The van der Waals surface area contributed by atoms with E-state index in [4.69, 9.17) is 9.26 Å². The molecule has 0 bridgehead atoms. The number of nitrogens with zero attached hydrogens (tertiary/aromatic N) is 4. The summed E-state index contributed by atoms with van der Waals surface area (Å²) in [6.45, 7) is 1.63. The smallest absolute Gasteiger partial charge is 0.252 e. The lowest BCUT2D eigenvalue weighted by atomic mass is 9.86. The molecule has 2 aromatic heterocycles. The molecule has 1 saturated heterocycles. The summed E-state index contributed by atoms with van der Waals surface area (Å²) in [5.74, 6) is 2.13. The van der Waals surface area contributed by atoms with E-state index in [0.29, 0.717) is 31.5 Å². The minimum absolute atomic E-state index is 0.0632. The van der Waals surface area contributed by atoms with Crippen LogP contribution in [0.2, 0.25) is 0 Å². The van der Waals surface area contributed by atoms with Gasteiger partial charge in [-0.2, -0.15) is 10.1 Å². The van der Waals surface area contributed by atoms with Gasteiger partial charge in [0.15, 0.2) is 5.82 Å². The fourth-order valence-corrected chi connectivity index (χ4v) is 3.63. The van der Waals surface area contributed by atoms with Crippen molar-refractivity contribution in [1.29, 1.82) is 0 Å². The van der Waals surface area contributed by atoms with Crippen LogP contribution in [0.25, 0.3) is 0 Å². The van der Waals surface area contributed by atoms with Gasteiger partial charge in [-0.15, -0.1) is 0 Å². The molecule has 5 rings (SSSR count). The molecule has 0 radical (unpaired) electrons. The first-order chi connectivity index (χ1) is 12.3. The van der Waals surface area contributed by atoms with Crippen LogP contribution in [0.1, 0.15) is 48.2 Å². The Labute approximate surface area is 144 Å². The van der Waals surface area contributed by atoms with Crippen LogP contribution >= 0.6 is 0 Å². The second kappa shape index (κ2) is 5.94. The second-order valence-electron chi connectivity index (χ2n) is 7.31. The predicted molar refractivity (Wildman–Crippen MR) is 85.5 cm³/mol. The average Bonchev–Trinajstić information content (AvgIpc) is 3.15.